The zero-order chi connectivity index (χ0) is 37.8. The van der Waals surface area contributed by atoms with Crippen molar-refractivity contribution >= 4 is 35.4 Å². The number of benzene rings is 1. The van der Waals surface area contributed by atoms with Crippen LogP contribution in [0.1, 0.15) is 105 Å². The number of hydrogen-bond donors (Lipinski definition) is 5. The van der Waals surface area contributed by atoms with Gasteiger partial charge in [-0.2, -0.15) is 0 Å². The normalized spacial score (nSPS) is 14.9. The van der Waals surface area contributed by atoms with E-state index in [-0.39, 0.29) is 49.3 Å². The minimum atomic E-state index is -1.01. The number of esters is 1. The molecule has 0 aromatic heterocycles. The number of aliphatic hydroxyl groups is 1. The van der Waals surface area contributed by atoms with Crippen LogP contribution in [0.2, 0.25) is 0 Å². The Morgan fingerprint density at radius 3 is 2.04 bits per heavy atom. The molecule has 1 aromatic rings. The first-order valence-corrected chi connectivity index (χ1v) is 18.1. The lowest BCUT2D eigenvalue weighted by Crippen LogP contribution is -2.53. The van der Waals surface area contributed by atoms with Crippen molar-refractivity contribution in [1.29, 1.82) is 0 Å². The molecule has 0 heterocycles. The standard InChI is InChI=1S/C38H62N4O8/c1-9-10-11-13-16-26(6)31(43)22-33(45)39-23-34(46)42-35(25(4)5)32(44)21-29(19-24(2)3)37(48)40-27(7)36(47)41-30(38(49)50-8)20-28-17-14-12-15-18-28/h12,14-15,17-18,24-27,29-31,35,43H,9-11,13,16,19-23H2,1-8H3,(H,39,45)(H,40,48)(H,41,47)(H,42,46)/t26-,27+,29-,30+,31-,35+/m1/s1. The van der Waals surface area contributed by atoms with E-state index in [1.165, 1.54) is 14.0 Å². The summed E-state index contributed by atoms with van der Waals surface area (Å²) in [6, 6.07) is 6.26. The Morgan fingerprint density at radius 2 is 1.46 bits per heavy atom. The number of hydrogen-bond acceptors (Lipinski definition) is 8. The van der Waals surface area contributed by atoms with Crippen LogP contribution in [-0.2, 0) is 39.9 Å². The lowest BCUT2D eigenvalue weighted by atomic mass is 9.87. The fourth-order valence-electron chi connectivity index (χ4n) is 5.67. The second kappa shape index (κ2) is 23.6. The maximum atomic E-state index is 13.5. The van der Waals surface area contributed by atoms with Gasteiger partial charge in [0.15, 0.2) is 5.78 Å². The van der Waals surface area contributed by atoms with E-state index in [4.69, 9.17) is 4.74 Å². The maximum absolute atomic E-state index is 13.5. The van der Waals surface area contributed by atoms with Crippen molar-refractivity contribution in [2.45, 2.75) is 130 Å². The van der Waals surface area contributed by atoms with Gasteiger partial charge in [-0.05, 0) is 43.1 Å². The summed E-state index contributed by atoms with van der Waals surface area (Å²) < 4.78 is 4.87. The van der Waals surface area contributed by atoms with E-state index in [0.29, 0.717) is 6.42 Å². The van der Waals surface area contributed by atoms with Gasteiger partial charge >= 0.3 is 5.97 Å². The Morgan fingerprint density at radius 1 is 0.800 bits per heavy atom. The van der Waals surface area contributed by atoms with E-state index < -0.39 is 59.7 Å². The Hall–Kier alpha value is -3.80. The molecule has 0 saturated carbocycles. The first kappa shape index (κ1) is 44.2. The number of carbonyl (C=O) groups excluding carboxylic acids is 6. The molecular weight excluding hydrogens is 640 g/mol. The average Bonchev–Trinajstić information content (AvgIpc) is 3.06. The second-order valence-corrected chi connectivity index (χ2v) is 14.2. The third-order valence-electron chi connectivity index (χ3n) is 8.75. The van der Waals surface area contributed by atoms with Crippen LogP contribution < -0.4 is 21.3 Å². The minimum absolute atomic E-state index is 0.0425. The Balaban J connectivity index is 2.79. The van der Waals surface area contributed by atoms with Crippen LogP contribution in [0.5, 0.6) is 0 Å². The topological polar surface area (TPSA) is 180 Å². The summed E-state index contributed by atoms with van der Waals surface area (Å²) in [5.74, 6) is -4.12. The number of amides is 4. The summed E-state index contributed by atoms with van der Waals surface area (Å²) in [6.45, 7) is 12.6. The second-order valence-electron chi connectivity index (χ2n) is 14.2. The molecule has 0 aliphatic heterocycles. The van der Waals surface area contributed by atoms with Crippen molar-refractivity contribution in [3.05, 3.63) is 35.9 Å². The predicted octanol–water partition coefficient (Wildman–Crippen LogP) is 3.63. The first-order valence-electron chi connectivity index (χ1n) is 18.1. The van der Waals surface area contributed by atoms with Crippen molar-refractivity contribution < 1.29 is 38.6 Å². The molecule has 0 unspecified atom stereocenters. The van der Waals surface area contributed by atoms with Crippen molar-refractivity contribution in [3.63, 3.8) is 0 Å². The van der Waals surface area contributed by atoms with Gasteiger partial charge in [-0.25, -0.2) is 4.79 Å². The van der Waals surface area contributed by atoms with Crippen molar-refractivity contribution in [1.82, 2.24) is 21.3 Å². The van der Waals surface area contributed by atoms with Gasteiger partial charge in [0.05, 0.1) is 32.2 Å². The summed E-state index contributed by atoms with van der Waals surface area (Å²) in [5, 5.41) is 21.0. The van der Waals surface area contributed by atoms with Crippen LogP contribution in [0.3, 0.4) is 0 Å². The highest BCUT2D eigenvalue weighted by Gasteiger charge is 2.32. The van der Waals surface area contributed by atoms with Crippen LogP contribution >= 0.6 is 0 Å². The zero-order valence-electron chi connectivity index (χ0n) is 31.4. The summed E-state index contributed by atoms with van der Waals surface area (Å²) in [6.07, 6.45) is 4.61. The van der Waals surface area contributed by atoms with Gasteiger partial charge in [0.2, 0.25) is 23.6 Å². The number of nitrogens with one attached hydrogen (secondary N) is 4. The molecule has 0 aliphatic rings. The Bertz CT molecular complexity index is 1220. The number of ether oxygens (including phenoxy) is 1. The molecule has 5 N–H and O–H groups in total. The lowest BCUT2D eigenvalue weighted by Gasteiger charge is -2.26. The Labute approximate surface area is 298 Å². The maximum Gasteiger partial charge on any atom is 0.328 e. The van der Waals surface area contributed by atoms with Gasteiger partial charge in [-0.3, -0.25) is 24.0 Å². The molecule has 12 nitrogen and oxygen atoms in total. The van der Waals surface area contributed by atoms with Crippen LogP contribution in [-0.4, -0.2) is 78.4 Å². The SMILES string of the molecule is CCCCCC[C@@H](C)[C@H](O)CC(=O)NCC(=O)N[C@H](C(=O)C[C@@H](CC(C)C)C(=O)N[C@@H](C)C(=O)N[C@@H](Cc1ccccc1)C(=O)OC)C(C)C. The van der Waals surface area contributed by atoms with E-state index in [1.54, 1.807) is 13.8 Å². The van der Waals surface area contributed by atoms with Crippen molar-refractivity contribution in [2.24, 2.45) is 23.7 Å². The lowest BCUT2D eigenvalue weighted by molar-refractivity contribution is -0.145. The fraction of sp³-hybridized carbons (Fsp3) is 0.684. The summed E-state index contributed by atoms with van der Waals surface area (Å²) >= 11 is 0. The summed E-state index contributed by atoms with van der Waals surface area (Å²) in [7, 11) is 1.23. The van der Waals surface area contributed by atoms with Crippen LogP contribution in [0.15, 0.2) is 30.3 Å². The number of unbranched alkanes of at least 4 members (excludes halogenated alkanes) is 3. The average molecular weight is 703 g/mol. The molecule has 0 aliphatic carbocycles. The number of rotatable bonds is 24. The molecule has 12 heteroatoms. The number of aliphatic hydroxyl groups excluding tert-OH is 1. The molecule has 282 valence electrons. The highest BCUT2D eigenvalue weighted by Crippen LogP contribution is 2.20. The predicted molar refractivity (Wildman–Crippen MR) is 193 cm³/mol. The molecule has 0 bridgehead atoms. The highest BCUT2D eigenvalue weighted by atomic mass is 16.5. The van der Waals surface area contributed by atoms with E-state index in [2.05, 4.69) is 28.2 Å². The van der Waals surface area contributed by atoms with Gasteiger partial charge in [0.1, 0.15) is 12.1 Å². The monoisotopic (exact) mass is 702 g/mol. The molecule has 50 heavy (non-hydrogen) atoms. The third kappa shape index (κ3) is 17.2. The zero-order valence-corrected chi connectivity index (χ0v) is 31.4. The van der Waals surface area contributed by atoms with Crippen LogP contribution in [0.4, 0.5) is 0 Å². The molecule has 6 atom stereocenters. The van der Waals surface area contributed by atoms with Crippen LogP contribution in [0, 0.1) is 23.7 Å². The van der Waals surface area contributed by atoms with E-state index in [0.717, 1.165) is 37.7 Å². The van der Waals surface area contributed by atoms with Crippen molar-refractivity contribution in [2.75, 3.05) is 13.7 Å². The molecule has 0 fully saturated rings. The molecule has 0 radical (unpaired) electrons. The van der Waals surface area contributed by atoms with Gasteiger partial charge in [0, 0.05) is 18.8 Å². The van der Waals surface area contributed by atoms with Crippen molar-refractivity contribution in [3.8, 4) is 0 Å². The molecule has 0 saturated heterocycles. The third-order valence-corrected chi connectivity index (χ3v) is 8.75. The number of ketones is 1. The minimum Gasteiger partial charge on any atom is -0.467 e. The van der Waals surface area contributed by atoms with Gasteiger partial charge in [-0.1, -0.05) is 97.6 Å². The fourth-order valence-corrected chi connectivity index (χ4v) is 5.67. The molecule has 1 rings (SSSR count). The quantitative estimate of drug-likeness (QED) is 0.0801. The van der Waals surface area contributed by atoms with Crippen LogP contribution in [0.25, 0.3) is 0 Å². The summed E-state index contributed by atoms with van der Waals surface area (Å²) in [4.78, 5) is 77.6. The smallest absolute Gasteiger partial charge is 0.328 e. The van der Waals surface area contributed by atoms with E-state index >= 15 is 0 Å². The Kier molecular flexibility index (Phi) is 20.9. The largest absolute Gasteiger partial charge is 0.467 e. The van der Waals surface area contributed by atoms with Gasteiger partial charge < -0.3 is 31.1 Å². The molecule has 0 spiro atoms. The van der Waals surface area contributed by atoms with Gasteiger partial charge in [0.25, 0.3) is 0 Å². The van der Waals surface area contributed by atoms with E-state index in [9.17, 15) is 33.9 Å². The highest BCUT2D eigenvalue weighted by molar-refractivity contribution is 5.95. The molecule has 1 aromatic carbocycles. The number of carbonyl (C=O) groups is 6. The molecule has 4 amide bonds. The molecular formula is C38H62N4O8. The first-order chi connectivity index (χ1) is 23.6. The summed E-state index contributed by atoms with van der Waals surface area (Å²) in [5.41, 5.74) is 0.821. The van der Waals surface area contributed by atoms with Gasteiger partial charge in [-0.15, -0.1) is 0 Å². The number of Topliss-reactive ketones (excluding diaryl/α,β-unsaturated/α-hetero) is 1. The van der Waals surface area contributed by atoms with E-state index in [1.807, 2.05) is 51.1 Å². The number of methoxy groups -OCH3 is 1.